The topological polar surface area (TPSA) is 18.5 Å². The first kappa shape index (κ1) is 16.4. The normalized spacial score (nSPS) is 26.7. The zero-order valence-corrected chi connectivity index (χ0v) is 14.8. The Balaban J connectivity index is 1.74. The van der Waals surface area contributed by atoms with Gasteiger partial charge in [0.15, 0.2) is 0 Å². The lowest BCUT2D eigenvalue weighted by Crippen LogP contribution is -2.54. The molecule has 3 rings (SSSR count). The molecule has 4 heteroatoms. The second kappa shape index (κ2) is 8.44. The first-order chi connectivity index (χ1) is 10.9. The summed E-state index contributed by atoms with van der Waals surface area (Å²) in [5.74, 6) is 0. The molecule has 2 aliphatic heterocycles. The zero-order valence-electron chi connectivity index (χ0n) is 14.0. The summed E-state index contributed by atoms with van der Waals surface area (Å²) < 4.78 is 0. The van der Waals surface area contributed by atoms with Gasteiger partial charge in [0.25, 0.3) is 0 Å². The predicted molar refractivity (Wildman–Crippen MR) is 95.6 cm³/mol. The maximum atomic E-state index is 3.58. The first-order valence-corrected chi connectivity index (χ1v) is 9.98. The molecule has 1 aromatic heterocycles. The number of thiophene rings is 1. The molecule has 124 valence electrons. The van der Waals surface area contributed by atoms with Crippen molar-refractivity contribution in [1.82, 2.24) is 15.1 Å². The molecule has 2 unspecified atom stereocenters. The average Bonchev–Trinajstić information content (AvgIpc) is 2.97. The molecule has 0 aliphatic carbocycles. The minimum absolute atomic E-state index is 0.588. The molecule has 0 bridgehead atoms. The van der Waals surface area contributed by atoms with Crippen molar-refractivity contribution >= 4 is 11.3 Å². The van der Waals surface area contributed by atoms with E-state index in [1.54, 1.807) is 4.88 Å². The van der Waals surface area contributed by atoms with Gasteiger partial charge in [0, 0.05) is 37.1 Å². The van der Waals surface area contributed by atoms with Gasteiger partial charge in [-0.15, -0.1) is 11.3 Å². The van der Waals surface area contributed by atoms with Crippen molar-refractivity contribution < 1.29 is 0 Å². The summed E-state index contributed by atoms with van der Waals surface area (Å²) in [6.07, 6.45) is 6.86. The van der Waals surface area contributed by atoms with Crippen LogP contribution in [0.5, 0.6) is 0 Å². The van der Waals surface area contributed by atoms with Crippen molar-refractivity contribution in [2.24, 2.45) is 0 Å². The molecule has 1 aromatic rings. The predicted octanol–water partition coefficient (Wildman–Crippen LogP) is 3.35. The van der Waals surface area contributed by atoms with Crippen molar-refractivity contribution in [3.63, 3.8) is 0 Å². The minimum atomic E-state index is 0.588. The van der Waals surface area contributed by atoms with Crippen LogP contribution in [0.15, 0.2) is 17.5 Å². The van der Waals surface area contributed by atoms with E-state index in [9.17, 15) is 0 Å². The molecule has 1 N–H and O–H groups in total. The van der Waals surface area contributed by atoms with Crippen molar-refractivity contribution in [1.29, 1.82) is 0 Å². The number of likely N-dealkylation sites (tertiary alicyclic amines) is 1. The first-order valence-electron chi connectivity index (χ1n) is 9.10. The molecule has 0 radical (unpaired) electrons. The van der Waals surface area contributed by atoms with Crippen LogP contribution in [0.1, 0.15) is 49.9 Å². The maximum absolute atomic E-state index is 3.58. The van der Waals surface area contributed by atoms with Crippen molar-refractivity contribution in [3.8, 4) is 0 Å². The average molecular weight is 322 g/mol. The van der Waals surface area contributed by atoms with E-state index in [1.165, 1.54) is 58.3 Å². The highest BCUT2D eigenvalue weighted by Crippen LogP contribution is 2.30. The summed E-state index contributed by atoms with van der Waals surface area (Å²) in [4.78, 5) is 7.07. The molecule has 0 spiro atoms. The van der Waals surface area contributed by atoms with Crippen LogP contribution in [0, 0.1) is 0 Å². The van der Waals surface area contributed by atoms with E-state index in [2.05, 4.69) is 39.6 Å². The molecule has 0 amide bonds. The Morgan fingerprint density at radius 3 is 2.73 bits per heavy atom. The molecule has 0 aromatic carbocycles. The SMILES string of the molecule is CCC1CNCCN1C(CN1CCCCCC1)c1cccs1. The van der Waals surface area contributed by atoms with Crippen LogP contribution in [0.3, 0.4) is 0 Å². The lowest BCUT2D eigenvalue weighted by Gasteiger charge is -2.42. The number of rotatable bonds is 5. The molecule has 0 saturated carbocycles. The minimum Gasteiger partial charge on any atom is -0.314 e. The fourth-order valence-electron chi connectivity index (χ4n) is 3.97. The van der Waals surface area contributed by atoms with Gasteiger partial charge in [0.2, 0.25) is 0 Å². The van der Waals surface area contributed by atoms with Crippen LogP contribution in [-0.4, -0.2) is 55.1 Å². The largest absolute Gasteiger partial charge is 0.314 e. The summed E-state index contributed by atoms with van der Waals surface area (Å²) in [6, 6.07) is 5.85. The molecular weight excluding hydrogens is 290 g/mol. The molecule has 2 fully saturated rings. The Labute approximate surface area is 139 Å². The lowest BCUT2D eigenvalue weighted by atomic mass is 10.1. The fourth-order valence-corrected chi connectivity index (χ4v) is 4.81. The molecular formula is C18H31N3S. The highest BCUT2D eigenvalue weighted by molar-refractivity contribution is 7.10. The molecule has 2 atom stereocenters. The monoisotopic (exact) mass is 321 g/mol. The zero-order chi connectivity index (χ0) is 15.2. The lowest BCUT2D eigenvalue weighted by molar-refractivity contribution is 0.0767. The highest BCUT2D eigenvalue weighted by Gasteiger charge is 2.30. The molecule has 3 nitrogen and oxygen atoms in total. The number of hydrogen-bond donors (Lipinski definition) is 1. The summed E-state index contributed by atoms with van der Waals surface area (Å²) >= 11 is 1.94. The van der Waals surface area contributed by atoms with Crippen LogP contribution in [0.2, 0.25) is 0 Å². The van der Waals surface area contributed by atoms with Crippen molar-refractivity contribution in [2.75, 3.05) is 39.3 Å². The van der Waals surface area contributed by atoms with Crippen LogP contribution < -0.4 is 5.32 Å². The summed E-state index contributed by atoms with van der Waals surface area (Å²) in [6.45, 7) is 9.63. The van der Waals surface area contributed by atoms with E-state index >= 15 is 0 Å². The standard InChI is InChI=1S/C18H31N3S/c1-2-16-14-19-9-12-21(16)17(18-8-7-13-22-18)15-20-10-5-3-4-6-11-20/h7-8,13,16-17,19H,2-6,9-12,14-15H2,1H3. The maximum Gasteiger partial charge on any atom is 0.0572 e. The quantitative estimate of drug-likeness (QED) is 0.897. The third kappa shape index (κ3) is 4.10. The summed E-state index contributed by atoms with van der Waals surface area (Å²) in [5.41, 5.74) is 0. The Morgan fingerprint density at radius 2 is 2.05 bits per heavy atom. The Bertz CT molecular complexity index is 412. The van der Waals surface area contributed by atoms with E-state index in [0.717, 1.165) is 13.1 Å². The van der Waals surface area contributed by atoms with Gasteiger partial charge >= 0.3 is 0 Å². The van der Waals surface area contributed by atoms with Gasteiger partial charge < -0.3 is 10.2 Å². The van der Waals surface area contributed by atoms with E-state index in [0.29, 0.717) is 12.1 Å². The van der Waals surface area contributed by atoms with E-state index < -0.39 is 0 Å². The van der Waals surface area contributed by atoms with E-state index in [1.807, 2.05) is 11.3 Å². The number of hydrogen-bond acceptors (Lipinski definition) is 4. The highest BCUT2D eigenvalue weighted by atomic mass is 32.1. The van der Waals surface area contributed by atoms with Gasteiger partial charge in [0.05, 0.1) is 6.04 Å². The number of nitrogens with zero attached hydrogens (tertiary/aromatic N) is 2. The van der Waals surface area contributed by atoms with Gasteiger partial charge in [-0.2, -0.15) is 0 Å². The fraction of sp³-hybridized carbons (Fsp3) is 0.778. The van der Waals surface area contributed by atoms with Crippen LogP contribution in [0.25, 0.3) is 0 Å². The van der Waals surface area contributed by atoms with Crippen molar-refractivity contribution in [2.45, 2.75) is 51.1 Å². The molecule has 22 heavy (non-hydrogen) atoms. The molecule has 2 aliphatic rings. The van der Waals surface area contributed by atoms with E-state index in [4.69, 9.17) is 0 Å². The Hall–Kier alpha value is -0.420. The Morgan fingerprint density at radius 1 is 1.23 bits per heavy atom. The Kier molecular flexibility index (Phi) is 6.30. The van der Waals surface area contributed by atoms with Crippen LogP contribution >= 0.6 is 11.3 Å². The van der Waals surface area contributed by atoms with Gasteiger partial charge in [0.1, 0.15) is 0 Å². The van der Waals surface area contributed by atoms with Crippen LogP contribution in [-0.2, 0) is 0 Å². The second-order valence-corrected chi connectivity index (χ2v) is 7.73. The smallest absolute Gasteiger partial charge is 0.0572 e. The van der Waals surface area contributed by atoms with Gasteiger partial charge in [-0.3, -0.25) is 4.90 Å². The second-order valence-electron chi connectivity index (χ2n) is 6.75. The van der Waals surface area contributed by atoms with Gasteiger partial charge in [-0.25, -0.2) is 0 Å². The summed E-state index contributed by atoms with van der Waals surface area (Å²) in [7, 11) is 0. The number of piperazine rings is 1. The number of nitrogens with one attached hydrogen (secondary N) is 1. The van der Waals surface area contributed by atoms with Gasteiger partial charge in [-0.1, -0.05) is 25.8 Å². The summed E-state index contributed by atoms with van der Waals surface area (Å²) in [5, 5.41) is 5.82. The third-order valence-electron chi connectivity index (χ3n) is 5.27. The van der Waals surface area contributed by atoms with Crippen molar-refractivity contribution in [3.05, 3.63) is 22.4 Å². The van der Waals surface area contributed by atoms with Gasteiger partial charge in [-0.05, 0) is 43.8 Å². The van der Waals surface area contributed by atoms with Crippen LogP contribution in [0.4, 0.5) is 0 Å². The molecule has 3 heterocycles. The third-order valence-corrected chi connectivity index (χ3v) is 6.24. The van der Waals surface area contributed by atoms with E-state index in [-0.39, 0.29) is 0 Å². The molecule has 2 saturated heterocycles.